The Hall–Kier alpha value is -2.84. The molecule has 0 unspecified atom stereocenters. The van der Waals surface area contributed by atoms with Gasteiger partial charge in [-0.15, -0.1) is 0 Å². The molecule has 0 saturated carbocycles. The van der Waals surface area contributed by atoms with Crippen molar-refractivity contribution in [3.63, 3.8) is 0 Å². The molecule has 32 heavy (non-hydrogen) atoms. The highest BCUT2D eigenvalue weighted by molar-refractivity contribution is 7.99. The summed E-state index contributed by atoms with van der Waals surface area (Å²) in [5.74, 6) is 0.394. The number of hydrogen-bond acceptors (Lipinski definition) is 5. The number of hydrogen-bond donors (Lipinski definition) is 1. The highest BCUT2D eigenvalue weighted by Gasteiger charge is 2.40. The Morgan fingerprint density at radius 1 is 1.12 bits per heavy atom. The van der Waals surface area contributed by atoms with Crippen LogP contribution in [-0.2, 0) is 14.9 Å². The molecule has 2 N–H and O–H groups in total. The molecular weight excluding hydrogens is 424 g/mol. The normalized spacial score (nSPS) is 15.8. The zero-order valence-corrected chi connectivity index (χ0v) is 19.4. The van der Waals surface area contributed by atoms with Gasteiger partial charge in [0.05, 0.1) is 11.1 Å². The Balaban J connectivity index is 1.57. The van der Waals surface area contributed by atoms with Crippen LogP contribution in [0, 0.1) is 6.92 Å². The van der Waals surface area contributed by atoms with Crippen molar-refractivity contribution in [2.45, 2.75) is 54.9 Å². The summed E-state index contributed by atoms with van der Waals surface area (Å²) in [7, 11) is 0. The number of aromatic nitrogens is 3. The molecule has 1 saturated heterocycles. The number of benzene rings is 2. The third-order valence-corrected chi connectivity index (χ3v) is 7.02. The monoisotopic (exact) mass is 452 g/mol. The Kier molecular flexibility index (Phi) is 6.26. The second-order valence-electron chi connectivity index (χ2n) is 8.39. The summed E-state index contributed by atoms with van der Waals surface area (Å²) in [6.07, 6.45) is 1.20. The molecule has 0 atom stereocenters. The largest absolute Gasteiger partial charge is 0.381 e. The Labute approximate surface area is 191 Å². The van der Waals surface area contributed by atoms with Crippen LogP contribution in [-0.4, -0.2) is 33.5 Å². The SMILES string of the molecule is Cc1nn(-c2ccc(Sc3cccc(C4(C(N)=O)CCOCC4)c3)cc2)c(=O)n1C(C)C. The molecule has 1 amide bonds. The highest BCUT2D eigenvalue weighted by atomic mass is 32.2. The van der Waals surface area contributed by atoms with Crippen molar-refractivity contribution in [2.24, 2.45) is 5.73 Å². The van der Waals surface area contributed by atoms with Gasteiger partial charge in [-0.1, -0.05) is 23.9 Å². The van der Waals surface area contributed by atoms with Gasteiger partial charge < -0.3 is 10.5 Å². The number of nitrogens with two attached hydrogens (primary N) is 1. The van der Waals surface area contributed by atoms with E-state index >= 15 is 0 Å². The molecule has 1 aromatic heterocycles. The van der Waals surface area contributed by atoms with Crippen molar-refractivity contribution >= 4 is 17.7 Å². The lowest BCUT2D eigenvalue weighted by atomic mass is 9.73. The second-order valence-corrected chi connectivity index (χ2v) is 9.53. The minimum atomic E-state index is -0.674. The number of ether oxygens (including phenoxy) is 1. The van der Waals surface area contributed by atoms with Gasteiger partial charge in [0.15, 0.2) is 0 Å². The fourth-order valence-electron chi connectivity index (χ4n) is 4.28. The van der Waals surface area contributed by atoms with E-state index in [0.29, 0.717) is 31.9 Å². The van der Waals surface area contributed by atoms with E-state index in [4.69, 9.17) is 10.5 Å². The van der Waals surface area contributed by atoms with Crippen molar-refractivity contribution in [2.75, 3.05) is 13.2 Å². The van der Waals surface area contributed by atoms with Gasteiger partial charge in [0.25, 0.3) is 0 Å². The van der Waals surface area contributed by atoms with E-state index in [0.717, 1.165) is 21.0 Å². The van der Waals surface area contributed by atoms with Crippen LogP contribution >= 0.6 is 11.8 Å². The lowest BCUT2D eigenvalue weighted by Crippen LogP contribution is -2.45. The van der Waals surface area contributed by atoms with Crippen molar-refractivity contribution in [1.29, 1.82) is 0 Å². The maximum Gasteiger partial charge on any atom is 0.350 e. The molecule has 0 radical (unpaired) electrons. The summed E-state index contributed by atoms with van der Waals surface area (Å²) in [5.41, 5.74) is 6.67. The summed E-state index contributed by atoms with van der Waals surface area (Å²) in [6.45, 7) is 6.85. The van der Waals surface area contributed by atoms with Gasteiger partial charge in [-0.05, 0) is 75.6 Å². The zero-order chi connectivity index (χ0) is 22.9. The van der Waals surface area contributed by atoms with Crippen LogP contribution in [0.1, 0.15) is 44.1 Å². The lowest BCUT2D eigenvalue weighted by molar-refractivity contribution is -0.127. The average molecular weight is 453 g/mol. The van der Waals surface area contributed by atoms with Crippen LogP contribution < -0.4 is 11.4 Å². The summed E-state index contributed by atoms with van der Waals surface area (Å²) >= 11 is 1.60. The van der Waals surface area contributed by atoms with Crippen LogP contribution in [0.25, 0.3) is 5.69 Å². The molecule has 8 heteroatoms. The van der Waals surface area contributed by atoms with Crippen LogP contribution in [0.15, 0.2) is 63.1 Å². The maximum absolute atomic E-state index is 12.7. The molecule has 0 aliphatic carbocycles. The number of primary amides is 1. The van der Waals surface area contributed by atoms with Gasteiger partial charge >= 0.3 is 5.69 Å². The quantitative estimate of drug-likeness (QED) is 0.617. The van der Waals surface area contributed by atoms with Gasteiger partial charge in [-0.2, -0.15) is 9.78 Å². The van der Waals surface area contributed by atoms with E-state index in [1.165, 1.54) is 4.68 Å². The first-order chi connectivity index (χ1) is 15.3. The van der Waals surface area contributed by atoms with Gasteiger partial charge in [0.1, 0.15) is 5.82 Å². The van der Waals surface area contributed by atoms with Gasteiger partial charge in [0, 0.05) is 29.0 Å². The van der Waals surface area contributed by atoms with E-state index in [1.807, 2.05) is 69.3 Å². The molecule has 1 aliphatic heterocycles. The Morgan fingerprint density at radius 2 is 1.81 bits per heavy atom. The standard InChI is InChI=1S/C24H28N4O3S/c1-16(2)27-17(3)26-28(23(27)30)19-7-9-20(10-8-19)32-21-6-4-5-18(15-21)24(22(25)29)11-13-31-14-12-24/h4-10,15-16H,11-14H2,1-3H3,(H2,25,29). The molecule has 0 spiro atoms. The first kappa shape index (κ1) is 22.4. The summed E-state index contributed by atoms with van der Waals surface area (Å²) in [4.78, 5) is 27.1. The molecular formula is C24H28N4O3S. The van der Waals surface area contributed by atoms with E-state index in [2.05, 4.69) is 5.10 Å². The fourth-order valence-corrected chi connectivity index (χ4v) is 5.16. The van der Waals surface area contributed by atoms with E-state index in [9.17, 15) is 9.59 Å². The highest BCUT2D eigenvalue weighted by Crippen LogP contribution is 2.37. The van der Waals surface area contributed by atoms with E-state index in [-0.39, 0.29) is 17.6 Å². The van der Waals surface area contributed by atoms with Crippen LogP contribution in [0.2, 0.25) is 0 Å². The number of amides is 1. The lowest BCUT2D eigenvalue weighted by Gasteiger charge is -2.34. The van der Waals surface area contributed by atoms with E-state index < -0.39 is 5.41 Å². The number of carbonyl (C=O) groups excluding carboxylic acids is 1. The van der Waals surface area contributed by atoms with E-state index in [1.54, 1.807) is 16.3 Å². The Morgan fingerprint density at radius 3 is 2.41 bits per heavy atom. The molecule has 168 valence electrons. The first-order valence-corrected chi connectivity index (χ1v) is 11.6. The number of carbonyl (C=O) groups is 1. The molecule has 1 fully saturated rings. The topological polar surface area (TPSA) is 92.1 Å². The number of aryl methyl sites for hydroxylation is 1. The predicted octanol–water partition coefficient (Wildman–Crippen LogP) is 3.61. The second kappa shape index (κ2) is 8.96. The molecule has 4 rings (SSSR count). The maximum atomic E-state index is 12.7. The molecule has 1 aliphatic rings. The zero-order valence-electron chi connectivity index (χ0n) is 18.6. The summed E-state index contributed by atoms with van der Waals surface area (Å²) in [6, 6.07) is 15.8. The minimum Gasteiger partial charge on any atom is -0.381 e. The van der Waals surface area contributed by atoms with Gasteiger partial charge in [-0.25, -0.2) is 4.79 Å². The van der Waals surface area contributed by atoms with Crippen molar-refractivity contribution in [3.8, 4) is 5.69 Å². The summed E-state index contributed by atoms with van der Waals surface area (Å²) in [5, 5.41) is 4.41. The minimum absolute atomic E-state index is 0.0535. The first-order valence-electron chi connectivity index (χ1n) is 10.8. The van der Waals surface area contributed by atoms with Crippen molar-refractivity contribution in [1.82, 2.24) is 14.3 Å². The molecule has 2 heterocycles. The number of rotatable bonds is 6. The van der Waals surface area contributed by atoms with Crippen LogP contribution in [0.3, 0.4) is 0 Å². The predicted molar refractivity (Wildman–Crippen MR) is 124 cm³/mol. The van der Waals surface area contributed by atoms with Crippen molar-refractivity contribution in [3.05, 3.63) is 70.4 Å². The summed E-state index contributed by atoms with van der Waals surface area (Å²) < 4.78 is 8.57. The van der Waals surface area contributed by atoms with Crippen LogP contribution in [0.5, 0.6) is 0 Å². The fraction of sp³-hybridized carbons (Fsp3) is 0.375. The van der Waals surface area contributed by atoms with Gasteiger partial charge in [0.2, 0.25) is 5.91 Å². The van der Waals surface area contributed by atoms with Crippen molar-refractivity contribution < 1.29 is 9.53 Å². The molecule has 3 aromatic rings. The smallest absolute Gasteiger partial charge is 0.350 e. The number of nitrogens with zero attached hydrogens (tertiary/aromatic N) is 3. The average Bonchev–Trinajstić information content (AvgIpc) is 3.09. The molecule has 0 bridgehead atoms. The Bertz CT molecular complexity index is 1170. The van der Waals surface area contributed by atoms with Crippen LogP contribution in [0.4, 0.5) is 0 Å². The molecule has 2 aromatic carbocycles. The third kappa shape index (κ3) is 4.12. The van der Waals surface area contributed by atoms with Gasteiger partial charge in [-0.3, -0.25) is 9.36 Å². The molecule has 7 nitrogen and oxygen atoms in total. The third-order valence-electron chi connectivity index (χ3n) is 6.02.